The number of H-pyrrole nitrogens is 1. The number of aromatic nitrogens is 3. The number of nitrogens with zero attached hydrogens (tertiary/aromatic N) is 2. The monoisotopic (exact) mass is 282 g/mol. The number of nitrogens with one attached hydrogen (secondary N) is 2. The van der Waals surface area contributed by atoms with Crippen LogP contribution >= 0.6 is 15.9 Å². The van der Waals surface area contributed by atoms with E-state index in [0.29, 0.717) is 0 Å². The second kappa shape index (κ2) is 4.84. The van der Waals surface area contributed by atoms with Gasteiger partial charge in [-0.3, -0.25) is 0 Å². The van der Waals surface area contributed by atoms with Gasteiger partial charge in [0.1, 0.15) is 16.1 Å². The van der Waals surface area contributed by atoms with Crippen molar-refractivity contribution < 1.29 is 0 Å². The van der Waals surface area contributed by atoms with Gasteiger partial charge < -0.3 is 14.9 Å². The molecule has 2 aromatic rings. The maximum atomic E-state index is 4.63. The lowest BCUT2D eigenvalue weighted by atomic mass is 10.3. The zero-order valence-corrected chi connectivity index (χ0v) is 11.0. The number of imidazole rings is 1. The summed E-state index contributed by atoms with van der Waals surface area (Å²) in [6, 6.07) is 4.00. The molecule has 16 heavy (non-hydrogen) atoms. The van der Waals surface area contributed by atoms with Gasteiger partial charge in [0, 0.05) is 26.2 Å². The third-order valence-electron chi connectivity index (χ3n) is 2.57. The van der Waals surface area contributed by atoms with Crippen LogP contribution in [0.15, 0.2) is 22.9 Å². The molecule has 0 aliphatic rings. The smallest absolute Gasteiger partial charge is 0.119 e. The summed E-state index contributed by atoms with van der Waals surface area (Å²) in [4.78, 5) is 7.80. The van der Waals surface area contributed by atoms with Gasteiger partial charge in [0.15, 0.2) is 0 Å². The van der Waals surface area contributed by atoms with Crippen LogP contribution in [0, 0.1) is 0 Å². The molecule has 4 nitrogen and oxygen atoms in total. The molecule has 0 radical (unpaired) electrons. The van der Waals surface area contributed by atoms with Crippen molar-refractivity contribution >= 4 is 15.9 Å². The quantitative estimate of drug-likeness (QED) is 0.900. The Morgan fingerprint density at radius 1 is 1.56 bits per heavy atom. The van der Waals surface area contributed by atoms with E-state index in [-0.39, 0.29) is 0 Å². The zero-order valence-electron chi connectivity index (χ0n) is 9.42. The Hall–Kier alpha value is -1.07. The highest BCUT2D eigenvalue weighted by Crippen LogP contribution is 2.26. The molecule has 0 aliphatic heterocycles. The largest absolute Gasteiger partial charge is 0.360 e. The maximum absolute atomic E-state index is 4.63. The Bertz CT molecular complexity index is 459. The van der Waals surface area contributed by atoms with E-state index in [0.717, 1.165) is 34.8 Å². The van der Waals surface area contributed by atoms with Crippen LogP contribution in [-0.2, 0) is 13.5 Å². The first-order chi connectivity index (χ1) is 7.74. The molecule has 2 N–H and O–H groups in total. The number of rotatable bonds is 4. The Morgan fingerprint density at radius 2 is 2.38 bits per heavy atom. The van der Waals surface area contributed by atoms with Gasteiger partial charge in [-0.1, -0.05) is 0 Å². The molecule has 0 unspecified atom stereocenters. The zero-order chi connectivity index (χ0) is 11.5. The Morgan fingerprint density at radius 3 is 3.00 bits per heavy atom. The van der Waals surface area contributed by atoms with Gasteiger partial charge >= 0.3 is 0 Å². The highest BCUT2D eigenvalue weighted by molar-refractivity contribution is 9.10. The fraction of sp³-hybridized carbons (Fsp3) is 0.364. The molecule has 2 rings (SSSR count). The van der Waals surface area contributed by atoms with Crippen LogP contribution in [0.1, 0.15) is 5.82 Å². The second-order valence-corrected chi connectivity index (χ2v) is 4.41. The van der Waals surface area contributed by atoms with Gasteiger partial charge in [-0.05, 0) is 35.1 Å². The third-order valence-corrected chi connectivity index (χ3v) is 3.48. The van der Waals surface area contributed by atoms with Gasteiger partial charge in [-0.25, -0.2) is 4.98 Å². The molecule has 0 saturated heterocycles. The second-order valence-electron chi connectivity index (χ2n) is 3.66. The summed E-state index contributed by atoms with van der Waals surface area (Å²) >= 11 is 3.57. The summed E-state index contributed by atoms with van der Waals surface area (Å²) in [6.45, 7) is 0.932. The van der Waals surface area contributed by atoms with Crippen molar-refractivity contribution in [3.8, 4) is 11.4 Å². The Labute approximate surface area is 103 Å². The van der Waals surface area contributed by atoms with E-state index >= 15 is 0 Å². The lowest BCUT2D eigenvalue weighted by molar-refractivity contribution is 0.713. The van der Waals surface area contributed by atoms with Crippen LogP contribution < -0.4 is 5.32 Å². The summed E-state index contributed by atoms with van der Waals surface area (Å²) in [6.07, 6.45) is 2.83. The first-order valence-corrected chi connectivity index (χ1v) is 6.02. The van der Waals surface area contributed by atoms with Gasteiger partial charge in [-0.15, -0.1) is 0 Å². The van der Waals surface area contributed by atoms with Crippen molar-refractivity contribution in [3.05, 3.63) is 28.8 Å². The minimum absolute atomic E-state index is 0.923. The molecule has 0 saturated carbocycles. The van der Waals surface area contributed by atoms with Crippen LogP contribution in [0.2, 0.25) is 0 Å². The molecule has 0 amide bonds. The Balaban J connectivity index is 2.34. The van der Waals surface area contributed by atoms with Gasteiger partial charge in [0.25, 0.3) is 0 Å². The van der Waals surface area contributed by atoms with E-state index in [2.05, 4.69) is 35.8 Å². The minimum Gasteiger partial charge on any atom is -0.360 e. The normalized spacial score (nSPS) is 10.9. The molecule has 0 aromatic carbocycles. The van der Waals surface area contributed by atoms with Crippen LogP contribution in [0.5, 0.6) is 0 Å². The molecule has 5 heteroatoms. The van der Waals surface area contributed by atoms with Crippen molar-refractivity contribution in [3.63, 3.8) is 0 Å². The van der Waals surface area contributed by atoms with E-state index in [4.69, 9.17) is 0 Å². The average Bonchev–Trinajstić information content (AvgIpc) is 2.88. The molecule has 2 aromatic heterocycles. The molecule has 0 fully saturated rings. The maximum Gasteiger partial charge on any atom is 0.119 e. The topological polar surface area (TPSA) is 45.6 Å². The van der Waals surface area contributed by atoms with Crippen LogP contribution in [0.4, 0.5) is 0 Å². The van der Waals surface area contributed by atoms with Crippen molar-refractivity contribution in [1.82, 2.24) is 19.9 Å². The molecule has 86 valence electrons. The standard InChI is InChI=1S/C11H15BrN4/c1-13-7-5-9-15-10(11(12)16(9)2)8-4-3-6-14-8/h3-4,6,13-14H,5,7H2,1-2H3. The average molecular weight is 283 g/mol. The highest BCUT2D eigenvalue weighted by atomic mass is 79.9. The van der Waals surface area contributed by atoms with Gasteiger partial charge in [0.05, 0.1) is 5.69 Å². The third kappa shape index (κ3) is 2.05. The fourth-order valence-corrected chi connectivity index (χ4v) is 2.14. The predicted octanol–water partition coefficient (Wildman–Crippen LogP) is 1.94. The minimum atomic E-state index is 0.923. The molecule has 2 heterocycles. The molecular weight excluding hydrogens is 268 g/mol. The van der Waals surface area contributed by atoms with Crippen molar-refractivity contribution in [2.75, 3.05) is 13.6 Å². The number of halogens is 1. The molecule has 0 spiro atoms. The van der Waals surface area contributed by atoms with E-state index < -0.39 is 0 Å². The van der Waals surface area contributed by atoms with Crippen molar-refractivity contribution in [1.29, 1.82) is 0 Å². The molecule has 0 bridgehead atoms. The van der Waals surface area contributed by atoms with E-state index in [1.807, 2.05) is 32.4 Å². The van der Waals surface area contributed by atoms with E-state index in [9.17, 15) is 0 Å². The van der Waals surface area contributed by atoms with Crippen LogP contribution in [-0.4, -0.2) is 28.1 Å². The van der Waals surface area contributed by atoms with Crippen molar-refractivity contribution in [2.24, 2.45) is 7.05 Å². The van der Waals surface area contributed by atoms with Gasteiger partial charge in [0.2, 0.25) is 0 Å². The summed E-state index contributed by atoms with van der Waals surface area (Å²) < 4.78 is 3.09. The lowest BCUT2D eigenvalue weighted by Gasteiger charge is -2.00. The number of hydrogen-bond acceptors (Lipinski definition) is 2. The summed E-state index contributed by atoms with van der Waals surface area (Å²) in [5, 5.41) is 3.13. The van der Waals surface area contributed by atoms with Crippen LogP contribution in [0.3, 0.4) is 0 Å². The number of likely N-dealkylation sites (N-methyl/N-ethyl adjacent to an activating group) is 1. The van der Waals surface area contributed by atoms with Crippen LogP contribution in [0.25, 0.3) is 11.4 Å². The predicted molar refractivity (Wildman–Crippen MR) is 68.3 cm³/mol. The number of aromatic amines is 1. The first-order valence-electron chi connectivity index (χ1n) is 5.23. The Kier molecular flexibility index (Phi) is 3.46. The van der Waals surface area contributed by atoms with Gasteiger partial charge in [-0.2, -0.15) is 0 Å². The van der Waals surface area contributed by atoms with E-state index in [1.54, 1.807) is 0 Å². The summed E-state index contributed by atoms with van der Waals surface area (Å²) in [5.74, 6) is 1.07. The molecule has 0 aliphatic carbocycles. The fourth-order valence-electron chi connectivity index (χ4n) is 1.63. The molecular formula is C11H15BrN4. The first kappa shape index (κ1) is 11.4. The lowest BCUT2D eigenvalue weighted by Crippen LogP contribution is -2.13. The van der Waals surface area contributed by atoms with Crippen molar-refractivity contribution in [2.45, 2.75) is 6.42 Å². The highest BCUT2D eigenvalue weighted by Gasteiger charge is 2.13. The number of hydrogen-bond donors (Lipinski definition) is 2. The summed E-state index contributed by atoms with van der Waals surface area (Å²) in [5.41, 5.74) is 2.01. The SMILES string of the molecule is CNCCc1nc(-c2ccc[nH]2)c(Br)n1C. The molecule has 0 atom stereocenters. The summed E-state index contributed by atoms with van der Waals surface area (Å²) in [7, 11) is 3.97. The van der Waals surface area contributed by atoms with E-state index in [1.165, 1.54) is 0 Å².